The van der Waals surface area contributed by atoms with Crippen molar-refractivity contribution in [2.75, 3.05) is 0 Å². The number of pyridine rings is 2. The topological polar surface area (TPSA) is 86.1 Å². The minimum Gasteiger partial charge on any atom is -0.355 e. The predicted octanol–water partition coefficient (Wildman–Crippen LogP) is 2.29. The number of nitrogens with one attached hydrogen (secondary N) is 2. The molecule has 1 amide bonds. The molecule has 3 N–H and O–H groups in total. The number of hydrogen-bond donors (Lipinski definition) is 3. The highest BCUT2D eigenvalue weighted by molar-refractivity contribution is 6.30. The molecule has 2 heterocycles. The van der Waals surface area contributed by atoms with Crippen molar-refractivity contribution < 1.29 is 14.7 Å². The van der Waals surface area contributed by atoms with Crippen LogP contribution >= 0.6 is 23.2 Å². The fourth-order valence-electron chi connectivity index (χ4n) is 2.23. The van der Waals surface area contributed by atoms with Gasteiger partial charge >= 0.3 is 5.15 Å². The Morgan fingerprint density at radius 2 is 1.96 bits per heavy atom. The second-order valence-corrected chi connectivity index (χ2v) is 5.93. The van der Waals surface area contributed by atoms with Crippen LogP contribution in [0.5, 0.6) is 0 Å². The van der Waals surface area contributed by atoms with Crippen molar-refractivity contribution >= 4 is 40.0 Å². The monoisotopic (exact) mass is 364 g/mol. The summed E-state index contributed by atoms with van der Waals surface area (Å²) in [4.78, 5) is 27.5. The molecule has 3 aromatic rings. The highest BCUT2D eigenvalue weighted by Gasteiger charge is 2.17. The van der Waals surface area contributed by atoms with Crippen LogP contribution in [-0.2, 0) is 6.54 Å². The molecule has 0 saturated carbocycles. The number of carbonyl (C=O) groups excluding carboxylic acids is 1. The number of hydrogen-bond acceptors (Lipinski definition) is 3. The van der Waals surface area contributed by atoms with Crippen LogP contribution in [-0.4, -0.2) is 16.1 Å². The SMILES string of the molecule is O=C(NCc1ccc(Cl)cc1)c1c[nH]c2c[n+](O)c(Cl)cc2c1=O. The van der Waals surface area contributed by atoms with E-state index < -0.39 is 11.3 Å². The molecule has 0 aliphatic rings. The number of halogens is 2. The van der Waals surface area contributed by atoms with Crippen molar-refractivity contribution in [1.82, 2.24) is 10.3 Å². The van der Waals surface area contributed by atoms with E-state index in [-0.39, 0.29) is 22.6 Å². The smallest absolute Gasteiger partial charge is 0.325 e. The largest absolute Gasteiger partial charge is 0.355 e. The van der Waals surface area contributed by atoms with Crippen LogP contribution in [0.25, 0.3) is 10.9 Å². The number of H-pyrrole nitrogens is 1. The normalized spacial score (nSPS) is 10.8. The van der Waals surface area contributed by atoms with Crippen LogP contribution < -0.4 is 15.5 Å². The van der Waals surface area contributed by atoms with Gasteiger partial charge in [-0.25, -0.2) is 0 Å². The second-order valence-electron chi connectivity index (χ2n) is 5.11. The fraction of sp³-hybridized carbons (Fsp3) is 0.0625. The Labute approximate surface area is 146 Å². The van der Waals surface area contributed by atoms with E-state index in [4.69, 9.17) is 23.2 Å². The zero-order chi connectivity index (χ0) is 17.3. The molecule has 24 heavy (non-hydrogen) atoms. The van der Waals surface area contributed by atoms with Crippen molar-refractivity contribution in [3.63, 3.8) is 0 Å². The number of carbonyl (C=O) groups is 1. The standard InChI is InChI=1S/C16H11Cl2N3O3/c17-10-3-1-9(2-4-10)6-20-16(23)12-7-19-13-8-21(24)14(18)5-11(13)15(12)22/h1-5,7-8H,6H2,(H2-,19,20,22,23,24)/p+1. The molecule has 1 aromatic carbocycles. The Balaban J connectivity index is 1.87. The Morgan fingerprint density at radius 1 is 1.25 bits per heavy atom. The van der Waals surface area contributed by atoms with E-state index in [2.05, 4.69) is 10.3 Å². The average molecular weight is 365 g/mol. The quantitative estimate of drug-likeness (QED) is 0.378. The minimum absolute atomic E-state index is 0.0354. The first-order valence-corrected chi connectivity index (χ1v) is 7.70. The van der Waals surface area contributed by atoms with Crippen LogP contribution in [0.2, 0.25) is 10.2 Å². The maximum absolute atomic E-state index is 12.4. The fourth-order valence-corrected chi connectivity index (χ4v) is 2.51. The third kappa shape index (κ3) is 3.20. The number of aromatic amines is 1. The number of fused-ring (bicyclic) bond motifs is 1. The Hall–Kier alpha value is -2.57. The van der Waals surface area contributed by atoms with E-state index in [9.17, 15) is 14.8 Å². The van der Waals surface area contributed by atoms with Crippen LogP contribution in [0.3, 0.4) is 0 Å². The maximum Gasteiger partial charge on any atom is 0.325 e. The molecule has 0 radical (unpaired) electrons. The zero-order valence-electron chi connectivity index (χ0n) is 12.2. The van der Waals surface area contributed by atoms with E-state index in [1.165, 1.54) is 18.5 Å². The molecule has 6 nitrogen and oxygen atoms in total. The summed E-state index contributed by atoms with van der Waals surface area (Å²) in [5.74, 6) is -0.509. The van der Waals surface area contributed by atoms with Gasteiger partial charge < -0.3 is 10.3 Å². The Bertz CT molecular complexity index is 984. The third-order valence-corrected chi connectivity index (χ3v) is 4.03. The van der Waals surface area contributed by atoms with Crippen molar-refractivity contribution in [1.29, 1.82) is 0 Å². The summed E-state index contributed by atoms with van der Waals surface area (Å²) in [5.41, 5.74) is 0.707. The van der Waals surface area contributed by atoms with Gasteiger partial charge in [0, 0.05) is 28.6 Å². The summed E-state index contributed by atoms with van der Waals surface area (Å²) in [6, 6.07) is 8.31. The molecule has 0 aliphatic carbocycles. The van der Waals surface area contributed by atoms with Crippen molar-refractivity contribution in [2.45, 2.75) is 6.54 Å². The lowest BCUT2D eigenvalue weighted by Gasteiger charge is -2.06. The van der Waals surface area contributed by atoms with E-state index in [0.717, 1.165) is 5.56 Å². The minimum atomic E-state index is -0.509. The first-order valence-electron chi connectivity index (χ1n) is 6.94. The maximum atomic E-state index is 12.4. The molecule has 0 bridgehead atoms. The first-order chi connectivity index (χ1) is 11.5. The van der Waals surface area contributed by atoms with Crippen molar-refractivity contribution in [2.24, 2.45) is 0 Å². The van der Waals surface area contributed by atoms with Gasteiger partial charge in [-0.05, 0) is 29.3 Å². The summed E-state index contributed by atoms with van der Waals surface area (Å²) in [5, 5.41) is 12.9. The summed E-state index contributed by atoms with van der Waals surface area (Å²) < 4.78 is 0.681. The molecule has 0 unspecified atom stereocenters. The van der Waals surface area contributed by atoms with Gasteiger partial charge in [-0.3, -0.25) is 14.8 Å². The van der Waals surface area contributed by atoms with Crippen LogP contribution in [0.4, 0.5) is 0 Å². The molecule has 0 atom stereocenters. The van der Waals surface area contributed by atoms with Gasteiger partial charge in [-0.15, -0.1) is 0 Å². The van der Waals surface area contributed by atoms with Gasteiger partial charge in [0.15, 0.2) is 0 Å². The average Bonchev–Trinajstić information content (AvgIpc) is 2.56. The number of nitrogens with zero attached hydrogens (tertiary/aromatic N) is 1. The molecule has 0 fully saturated rings. The van der Waals surface area contributed by atoms with Gasteiger partial charge in [0.2, 0.25) is 11.6 Å². The number of amides is 1. The van der Waals surface area contributed by atoms with Gasteiger partial charge in [0.05, 0.1) is 5.39 Å². The predicted molar refractivity (Wildman–Crippen MR) is 89.6 cm³/mol. The third-order valence-electron chi connectivity index (χ3n) is 3.50. The lowest BCUT2D eigenvalue weighted by Crippen LogP contribution is -2.32. The Morgan fingerprint density at radius 3 is 2.67 bits per heavy atom. The second kappa shape index (κ2) is 6.51. The van der Waals surface area contributed by atoms with E-state index in [1.807, 2.05) is 0 Å². The van der Waals surface area contributed by atoms with Crippen LogP contribution in [0.15, 0.2) is 47.5 Å². The van der Waals surface area contributed by atoms with Gasteiger partial charge in [-0.2, -0.15) is 0 Å². The molecule has 2 aromatic heterocycles. The van der Waals surface area contributed by atoms with Crippen molar-refractivity contribution in [3.05, 3.63) is 74.3 Å². The molecular formula is C16H12Cl2N3O3+. The van der Waals surface area contributed by atoms with Crippen molar-refractivity contribution in [3.8, 4) is 0 Å². The van der Waals surface area contributed by atoms with Crippen LogP contribution in [0, 0.1) is 0 Å². The Kier molecular flexibility index (Phi) is 4.42. The number of benzene rings is 1. The first kappa shape index (κ1) is 16.3. The summed E-state index contributed by atoms with van der Waals surface area (Å²) in [7, 11) is 0. The number of aromatic nitrogens is 2. The summed E-state index contributed by atoms with van der Waals surface area (Å²) in [6.45, 7) is 0.264. The highest BCUT2D eigenvalue weighted by atomic mass is 35.5. The molecular weight excluding hydrogens is 353 g/mol. The van der Waals surface area contributed by atoms with Gasteiger partial charge in [-0.1, -0.05) is 23.7 Å². The lowest BCUT2D eigenvalue weighted by atomic mass is 10.1. The van der Waals surface area contributed by atoms with E-state index >= 15 is 0 Å². The van der Waals surface area contributed by atoms with E-state index in [0.29, 0.717) is 15.3 Å². The highest BCUT2D eigenvalue weighted by Crippen LogP contribution is 2.11. The van der Waals surface area contributed by atoms with Crippen LogP contribution in [0.1, 0.15) is 15.9 Å². The molecule has 8 heteroatoms. The van der Waals surface area contributed by atoms with E-state index in [1.54, 1.807) is 24.3 Å². The molecule has 0 saturated heterocycles. The van der Waals surface area contributed by atoms with Gasteiger partial charge in [0.1, 0.15) is 11.1 Å². The zero-order valence-corrected chi connectivity index (χ0v) is 13.7. The van der Waals surface area contributed by atoms with Gasteiger partial charge in [0.25, 0.3) is 5.91 Å². The summed E-state index contributed by atoms with van der Waals surface area (Å²) >= 11 is 11.6. The summed E-state index contributed by atoms with van der Waals surface area (Å²) in [6.07, 6.45) is 2.56. The number of rotatable bonds is 3. The lowest BCUT2D eigenvalue weighted by molar-refractivity contribution is -0.902. The molecule has 3 rings (SSSR count). The molecule has 0 spiro atoms. The molecule has 122 valence electrons. The molecule has 0 aliphatic heterocycles.